The normalized spacial score (nSPS) is 12.3. The van der Waals surface area contributed by atoms with Crippen molar-refractivity contribution in [3.8, 4) is 0 Å². The Balaban J connectivity index is 1.75. The fourth-order valence-electron chi connectivity index (χ4n) is 3.22. The van der Waals surface area contributed by atoms with Gasteiger partial charge >= 0.3 is 0 Å². The van der Waals surface area contributed by atoms with E-state index in [4.69, 9.17) is 0 Å². The van der Waals surface area contributed by atoms with Gasteiger partial charge in [0.05, 0.1) is 6.04 Å². The summed E-state index contributed by atoms with van der Waals surface area (Å²) >= 11 is 1.49. The molecule has 0 N–H and O–H groups in total. The molecule has 6 nitrogen and oxygen atoms in total. The Bertz CT molecular complexity index is 954. The highest BCUT2D eigenvalue weighted by molar-refractivity contribution is 7.98. The Morgan fingerprint density at radius 3 is 2.59 bits per heavy atom. The predicted molar refractivity (Wildman–Crippen MR) is 108 cm³/mol. The summed E-state index contributed by atoms with van der Waals surface area (Å²) in [6.07, 6.45) is 3.02. The maximum absolute atomic E-state index is 12.7. The van der Waals surface area contributed by atoms with Crippen LogP contribution in [0, 0.1) is 13.8 Å². The summed E-state index contributed by atoms with van der Waals surface area (Å²) in [5.41, 5.74) is 4.11. The lowest BCUT2D eigenvalue weighted by molar-refractivity contribution is -0.131. The highest BCUT2D eigenvalue weighted by Crippen LogP contribution is 2.21. The van der Waals surface area contributed by atoms with Crippen molar-refractivity contribution in [1.29, 1.82) is 0 Å². The number of aromatic nitrogens is 4. The van der Waals surface area contributed by atoms with Gasteiger partial charge < -0.3 is 4.90 Å². The lowest BCUT2D eigenvalue weighted by Gasteiger charge is -2.25. The van der Waals surface area contributed by atoms with Gasteiger partial charge in [0, 0.05) is 24.9 Å². The number of rotatable bonds is 6. The van der Waals surface area contributed by atoms with E-state index in [2.05, 4.69) is 34.1 Å². The molecule has 0 radical (unpaired) electrons. The van der Waals surface area contributed by atoms with E-state index in [-0.39, 0.29) is 11.9 Å². The zero-order valence-electron chi connectivity index (χ0n) is 16.4. The Morgan fingerprint density at radius 2 is 1.93 bits per heavy atom. The number of aryl methyl sites for hydroxylation is 2. The van der Waals surface area contributed by atoms with Crippen LogP contribution in [0.5, 0.6) is 0 Å². The molecule has 0 aliphatic rings. The van der Waals surface area contributed by atoms with Crippen LogP contribution in [0.25, 0.3) is 5.78 Å². The monoisotopic (exact) mass is 383 g/mol. The third-order valence-corrected chi connectivity index (χ3v) is 5.60. The topological polar surface area (TPSA) is 63.4 Å². The Labute approximate surface area is 164 Å². The van der Waals surface area contributed by atoms with Gasteiger partial charge in [0.25, 0.3) is 5.78 Å². The average Bonchev–Trinajstić information content (AvgIpc) is 3.10. The van der Waals surface area contributed by atoms with Crippen molar-refractivity contribution in [1.82, 2.24) is 24.5 Å². The minimum absolute atomic E-state index is 0.0425. The van der Waals surface area contributed by atoms with Crippen LogP contribution in [-0.2, 0) is 11.2 Å². The van der Waals surface area contributed by atoms with E-state index in [0.29, 0.717) is 23.8 Å². The summed E-state index contributed by atoms with van der Waals surface area (Å²) in [7, 11) is 1.86. The lowest BCUT2D eigenvalue weighted by Crippen LogP contribution is -2.30. The fraction of sp³-hybridized carbons (Fsp3) is 0.400. The second-order valence-electron chi connectivity index (χ2n) is 6.66. The van der Waals surface area contributed by atoms with Crippen LogP contribution < -0.4 is 0 Å². The minimum atomic E-state index is 0.0425. The van der Waals surface area contributed by atoms with Crippen LogP contribution in [0.2, 0.25) is 0 Å². The van der Waals surface area contributed by atoms with Crippen LogP contribution in [-0.4, -0.2) is 43.7 Å². The summed E-state index contributed by atoms with van der Waals surface area (Å²) in [4.78, 5) is 23.5. The number of hydrogen-bond donors (Lipinski definition) is 0. The molecular weight excluding hydrogens is 358 g/mol. The summed E-state index contributed by atoms with van der Waals surface area (Å²) < 4.78 is 1.77. The highest BCUT2D eigenvalue weighted by Gasteiger charge is 2.19. The Hall–Kier alpha value is -2.41. The third-order valence-electron chi connectivity index (χ3n) is 5.06. The molecule has 1 atom stereocenters. The predicted octanol–water partition coefficient (Wildman–Crippen LogP) is 3.62. The summed E-state index contributed by atoms with van der Waals surface area (Å²) in [5, 5.41) is 5.18. The molecule has 27 heavy (non-hydrogen) atoms. The van der Waals surface area contributed by atoms with E-state index in [1.165, 1.54) is 11.8 Å². The van der Waals surface area contributed by atoms with Gasteiger partial charge in [0.2, 0.25) is 11.1 Å². The molecule has 1 aromatic carbocycles. The second kappa shape index (κ2) is 8.08. The van der Waals surface area contributed by atoms with Gasteiger partial charge in [0.15, 0.2) is 0 Å². The summed E-state index contributed by atoms with van der Waals surface area (Å²) in [6.45, 7) is 6.03. The molecule has 0 aliphatic carbocycles. The number of hydrogen-bond acceptors (Lipinski definition) is 5. The van der Waals surface area contributed by atoms with Crippen LogP contribution in [0.15, 0.2) is 35.5 Å². The first-order valence-electron chi connectivity index (χ1n) is 8.99. The van der Waals surface area contributed by atoms with Crippen LogP contribution in [0.1, 0.15) is 41.9 Å². The number of carbonyl (C=O) groups is 1. The number of benzene rings is 1. The van der Waals surface area contributed by atoms with E-state index in [0.717, 1.165) is 22.5 Å². The van der Waals surface area contributed by atoms with Crippen LogP contribution in [0.4, 0.5) is 0 Å². The average molecular weight is 384 g/mol. The highest BCUT2D eigenvalue weighted by atomic mass is 32.2. The van der Waals surface area contributed by atoms with Crippen molar-refractivity contribution >= 4 is 23.4 Å². The van der Waals surface area contributed by atoms with Crippen molar-refractivity contribution in [2.45, 2.75) is 44.8 Å². The van der Waals surface area contributed by atoms with Crippen molar-refractivity contribution < 1.29 is 4.79 Å². The largest absolute Gasteiger partial charge is 0.339 e. The summed E-state index contributed by atoms with van der Waals surface area (Å²) in [5.74, 6) is 0.730. The van der Waals surface area contributed by atoms with Crippen molar-refractivity contribution in [3.63, 3.8) is 0 Å². The number of thioether (sulfide) groups is 1. The first-order chi connectivity index (χ1) is 12.9. The van der Waals surface area contributed by atoms with E-state index in [9.17, 15) is 4.79 Å². The van der Waals surface area contributed by atoms with Gasteiger partial charge in [-0.2, -0.15) is 4.98 Å². The SMILES string of the molecule is CSc1nc2nc(C)c(CCC(=O)N(C)C(C)c3ccccc3)c(C)n2n1. The van der Waals surface area contributed by atoms with Gasteiger partial charge in [0.1, 0.15) is 0 Å². The molecule has 2 aromatic heterocycles. The summed E-state index contributed by atoms with van der Waals surface area (Å²) in [6, 6.07) is 10.1. The Morgan fingerprint density at radius 1 is 1.22 bits per heavy atom. The molecule has 142 valence electrons. The molecule has 1 amide bonds. The van der Waals surface area contributed by atoms with Gasteiger partial charge in [-0.1, -0.05) is 42.1 Å². The zero-order chi connectivity index (χ0) is 19.6. The number of amides is 1. The maximum atomic E-state index is 12.7. The second-order valence-corrected chi connectivity index (χ2v) is 7.44. The van der Waals surface area contributed by atoms with Crippen LogP contribution in [0.3, 0.4) is 0 Å². The van der Waals surface area contributed by atoms with E-state index < -0.39 is 0 Å². The van der Waals surface area contributed by atoms with Gasteiger partial charge in [-0.15, -0.1) is 5.10 Å². The molecule has 1 unspecified atom stereocenters. The zero-order valence-corrected chi connectivity index (χ0v) is 17.2. The van der Waals surface area contributed by atoms with Crippen molar-refractivity contribution in [2.75, 3.05) is 13.3 Å². The van der Waals surface area contributed by atoms with E-state index in [1.54, 1.807) is 4.52 Å². The number of fused-ring (bicyclic) bond motifs is 1. The maximum Gasteiger partial charge on any atom is 0.253 e. The molecule has 3 rings (SSSR count). The molecule has 0 bridgehead atoms. The third kappa shape index (κ3) is 3.98. The molecule has 0 saturated heterocycles. The first kappa shape index (κ1) is 19.4. The molecule has 0 fully saturated rings. The Kier molecular flexibility index (Phi) is 5.79. The lowest BCUT2D eigenvalue weighted by atomic mass is 10.0. The molecule has 3 aromatic rings. The van der Waals surface area contributed by atoms with Gasteiger partial charge in [-0.25, -0.2) is 9.50 Å². The van der Waals surface area contributed by atoms with Crippen molar-refractivity contribution in [3.05, 3.63) is 52.8 Å². The quantitative estimate of drug-likeness (QED) is 0.609. The number of nitrogens with zero attached hydrogens (tertiary/aromatic N) is 5. The minimum Gasteiger partial charge on any atom is -0.339 e. The number of carbonyl (C=O) groups excluding carboxylic acids is 1. The molecule has 2 heterocycles. The van der Waals surface area contributed by atoms with E-state index >= 15 is 0 Å². The van der Waals surface area contributed by atoms with Crippen molar-refractivity contribution in [2.24, 2.45) is 0 Å². The molecule has 0 spiro atoms. The first-order valence-corrected chi connectivity index (χ1v) is 10.2. The van der Waals surface area contributed by atoms with Crippen LogP contribution >= 0.6 is 11.8 Å². The molecule has 0 saturated carbocycles. The molecule has 7 heteroatoms. The van der Waals surface area contributed by atoms with E-state index in [1.807, 2.05) is 50.2 Å². The van der Waals surface area contributed by atoms with Gasteiger partial charge in [-0.05, 0) is 44.6 Å². The standard InChI is InChI=1S/C20H25N5OS/c1-13-17(15(3)25-19(21-13)22-20(23-25)27-5)11-12-18(26)24(4)14(2)16-9-7-6-8-10-16/h6-10,14H,11-12H2,1-5H3. The molecular formula is C20H25N5OS. The smallest absolute Gasteiger partial charge is 0.253 e. The fourth-order valence-corrected chi connectivity index (χ4v) is 3.55. The molecule has 0 aliphatic heterocycles. The van der Waals surface area contributed by atoms with Gasteiger partial charge in [-0.3, -0.25) is 4.79 Å².